The van der Waals surface area contributed by atoms with E-state index < -0.39 is 0 Å². The minimum Gasteiger partial charge on any atom is -0.360 e. The molecule has 4 heterocycles. The Hall–Kier alpha value is -3.19. The van der Waals surface area contributed by atoms with Crippen molar-refractivity contribution in [3.8, 4) is 11.3 Å². The van der Waals surface area contributed by atoms with Crippen molar-refractivity contribution in [2.75, 3.05) is 6.54 Å². The third-order valence-electron chi connectivity index (χ3n) is 5.26. The number of fused-ring (bicyclic) bond motifs is 3. The van der Waals surface area contributed by atoms with Crippen LogP contribution in [0.4, 0.5) is 0 Å². The van der Waals surface area contributed by atoms with Crippen molar-refractivity contribution in [1.29, 1.82) is 0 Å². The molecule has 0 aliphatic carbocycles. The number of benzene rings is 1. The van der Waals surface area contributed by atoms with Crippen molar-refractivity contribution in [3.63, 3.8) is 0 Å². The van der Waals surface area contributed by atoms with E-state index in [0.29, 0.717) is 47.1 Å². The maximum absolute atomic E-state index is 13.4. The Kier molecular flexibility index (Phi) is 4.13. The van der Waals surface area contributed by atoms with Crippen molar-refractivity contribution in [2.45, 2.75) is 26.8 Å². The minimum atomic E-state index is -0.124. The molecule has 4 aromatic rings. The van der Waals surface area contributed by atoms with Gasteiger partial charge in [-0.05, 0) is 19.9 Å². The van der Waals surface area contributed by atoms with Gasteiger partial charge in [-0.2, -0.15) is 5.10 Å². The molecular formula is C21H18ClN5O2. The summed E-state index contributed by atoms with van der Waals surface area (Å²) in [6.45, 7) is 4.74. The highest BCUT2D eigenvalue weighted by molar-refractivity contribution is 6.33. The van der Waals surface area contributed by atoms with Crippen LogP contribution in [0.15, 0.2) is 41.1 Å². The van der Waals surface area contributed by atoms with Crippen LogP contribution in [0.3, 0.4) is 0 Å². The maximum atomic E-state index is 13.4. The van der Waals surface area contributed by atoms with Crippen molar-refractivity contribution in [3.05, 3.63) is 69.8 Å². The highest BCUT2D eigenvalue weighted by Crippen LogP contribution is 2.32. The van der Waals surface area contributed by atoms with E-state index in [-0.39, 0.29) is 5.91 Å². The van der Waals surface area contributed by atoms with Crippen molar-refractivity contribution < 1.29 is 9.32 Å². The molecular weight excluding hydrogens is 390 g/mol. The first-order chi connectivity index (χ1) is 14.0. The third-order valence-corrected chi connectivity index (χ3v) is 5.59. The van der Waals surface area contributed by atoms with Crippen LogP contribution in [0.25, 0.3) is 16.9 Å². The van der Waals surface area contributed by atoms with Crippen molar-refractivity contribution in [1.82, 2.24) is 24.7 Å². The second kappa shape index (κ2) is 6.70. The first kappa shape index (κ1) is 17.9. The topological polar surface area (TPSA) is 76.5 Å². The van der Waals surface area contributed by atoms with Crippen LogP contribution in [0.1, 0.15) is 33.1 Å². The predicted octanol–water partition coefficient (Wildman–Crippen LogP) is 3.85. The van der Waals surface area contributed by atoms with E-state index in [4.69, 9.17) is 16.1 Å². The smallest absolute Gasteiger partial charge is 0.260 e. The Morgan fingerprint density at radius 1 is 1.24 bits per heavy atom. The van der Waals surface area contributed by atoms with Crippen LogP contribution >= 0.6 is 11.6 Å². The summed E-state index contributed by atoms with van der Waals surface area (Å²) < 4.78 is 7.25. The van der Waals surface area contributed by atoms with Gasteiger partial charge in [-0.25, -0.2) is 9.50 Å². The molecule has 3 aromatic heterocycles. The van der Waals surface area contributed by atoms with Gasteiger partial charge < -0.3 is 9.42 Å². The maximum Gasteiger partial charge on any atom is 0.260 e. The summed E-state index contributed by atoms with van der Waals surface area (Å²) in [7, 11) is 0. The van der Waals surface area contributed by atoms with E-state index >= 15 is 0 Å². The fourth-order valence-corrected chi connectivity index (χ4v) is 4.07. The summed E-state index contributed by atoms with van der Waals surface area (Å²) in [5, 5.41) is 9.18. The van der Waals surface area contributed by atoms with Crippen LogP contribution in [-0.4, -0.2) is 37.1 Å². The molecule has 5 rings (SSSR count). The van der Waals surface area contributed by atoms with E-state index in [2.05, 4.69) is 15.2 Å². The number of rotatable bonds is 2. The number of amides is 1. The zero-order valence-electron chi connectivity index (χ0n) is 16.0. The standard InChI is InChI=1S/C21H18ClN5O2/c1-12-9-18-23-10-14-11-26(8-7-17(14)27(18)24-12)21(28)19-13(2)29-25-20(19)15-5-3-4-6-16(15)22/h3-6,9-10H,7-8,11H2,1-2H3. The molecule has 0 spiro atoms. The van der Waals surface area contributed by atoms with E-state index in [1.165, 1.54) is 0 Å². The van der Waals surface area contributed by atoms with Gasteiger partial charge in [0.2, 0.25) is 0 Å². The second-order valence-corrected chi connectivity index (χ2v) is 7.61. The number of carbonyl (C=O) groups is 1. The predicted molar refractivity (Wildman–Crippen MR) is 108 cm³/mol. The van der Waals surface area contributed by atoms with Gasteiger partial charge in [-0.3, -0.25) is 4.79 Å². The molecule has 8 heteroatoms. The molecule has 7 nitrogen and oxygen atoms in total. The summed E-state index contributed by atoms with van der Waals surface area (Å²) in [4.78, 5) is 19.7. The lowest BCUT2D eigenvalue weighted by Gasteiger charge is -2.28. The van der Waals surface area contributed by atoms with Crippen LogP contribution in [-0.2, 0) is 13.0 Å². The van der Waals surface area contributed by atoms with E-state index in [1.54, 1.807) is 17.9 Å². The third kappa shape index (κ3) is 2.89. The molecule has 0 bridgehead atoms. The molecule has 0 fully saturated rings. The van der Waals surface area contributed by atoms with Crippen LogP contribution < -0.4 is 0 Å². The quantitative estimate of drug-likeness (QED) is 0.504. The summed E-state index contributed by atoms with van der Waals surface area (Å²) in [5.74, 6) is 0.355. The monoisotopic (exact) mass is 407 g/mol. The van der Waals surface area contributed by atoms with Gasteiger partial charge in [-0.1, -0.05) is 35.0 Å². The molecule has 1 aromatic carbocycles. The van der Waals surface area contributed by atoms with Gasteiger partial charge in [0.05, 0.1) is 16.4 Å². The number of halogens is 1. The summed E-state index contributed by atoms with van der Waals surface area (Å²) in [5.41, 5.74) is 5.45. The largest absolute Gasteiger partial charge is 0.360 e. The number of carbonyl (C=O) groups excluding carboxylic acids is 1. The number of hydrogen-bond donors (Lipinski definition) is 0. The Morgan fingerprint density at radius 2 is 2.07 bits per heavy atom. The van der Waals surface area contributed by atoms with Crippen LogP contribution in [0, 0.1) is 13.8 Å². The number of aryl methyl sites for hydroxylation is 2. The Balaban J connectivity index is 1.51. The highest BCUT2D eigenvalue weighted by Gasteiger charge is 2.30. The van der Waals surface area contributed by atoms with Gasteiger partial charge in [0.25, 0.3) is 5.91 Å². The molecule has 29 heavy (non-hydrogen) atoms. The number of nitrogens with zero attached hydrogens (tertiary/aromatic N) is 5. The molecule has 0 N–H and O–H groups in total. The minimum absolute atomic E-state index is 0.124. The van der Waals surface area contributed by atoms with Gasteiger partial charge in [-0.15, -0.1) is 0 Å². The normalized spacial score (nSPS) is 13.7. The Morgan fingerprint density at radius 3 is 2.90 bits per heavy atom. The number of hydrogen-bond acceptors (Lipinski definition) is 5. The summed E-state index contributed by atoms with van der Waals surface area (Å²) in [6.07, 6.45) is 2.54. The molecule has 1 amide bonds. The van der Waals surface area contributed by atoms with Gasteiger partial charge >= 0.3 is 0 Å². The van der Waals surface area contributed by atoms with Crippen molar-refractivity contribution >= 4 is 23.2 Å². The fraction of sp³-hybridized carbons (Fsp3) is 0.238. The second-order valence-electron chi connectivity index (χ2n) is 7.20. The Bertz CT molecular complexity index is 1260. The molecule has 0 radical (unpaired) electrons. The zero-order valence-corrected chi connectivity index (χ0v) is 16.8. The van der Waals surface area contributed by atoms with Crippen LogP contribution in [0.2, 0.25) is 5.02 Å². The lowest BCUT2D eigenvalue weighted by molar-refractivity contribution is 0.0731. The summed E-state index contributed by atoms with van der Waals surface area (Å²) >= 11 is 6.33. The SMILES string of the molecule is Cc1cc2ncc3c(n2n1)CCN(C(=O)c1c(-c2ccccc2Cl)noc1C)C3. The molecule has 146 valence electrons. The first-order valence-corrected chi connectivity index (χ1v) is 9.74. The highest BCUT2D eigenvalue weighted by atomic mass is 35.5. The lowest BCUT2D eigenvalue weighted by atomic mass is 10.0. The first-order valence-electron chi connectivity index (χ1n) is 9.36. The zero-order chi connectivity index (χ0) is 20.1. The average Bonchev–Trinajstić information content (AvgIpc) is 3.29. The van der Waals surface area contributed by atoms with Crippen molar-refractivity contribution in [2.24, 2.45) is 0 Å². The van der Waals surface area contributed by atoms with E-state index in [1.807, 2.05) is 41.9 Å². The molecule has 0 atom stereocenters. The van der Waals surface area contributed by atoms with Crippen LogP contribution in [0.5, 0.6) is 0 Å². The molecule has 0 saturated heterocycles. The molecule has 0 unspecified atom stereocenters. The molecule has 1 aliphatic heterocycles. The van der Waals surface area contributed by atoms with E-state index in [9.17, 15) is 4.79 Å². The fourth-order valence-electron chi connectivity index (χ4n) is 3.85. The summed E-state index contributed by atoms with van der Waals surface area (Å²) in [6, 6.07) is 9.26. The van der Waals surface area contributed by atoms with E-state index in [0.717, 1.165) is 22.6 Å². The van der Waals surface area contributed by atoms with Gasteiger partial charge in [0.1, 0.15) is 17.0 Å². The van der Waals surface area contributed by atoms with Gasteiger partial charge in [0, 0.05) is 42.9 Å². The Labute approximate surface area is 171 Å². The van der Waals surface area contributed by atoms with Gasteiger partial charge in [0.15, 0.2) is 5.65 Å². The number of aromatic nitrogens is 4. The average molecular weight is 408 g/mol. The molecule has 0 saturated carbocycles. The molecule has 1 aliphatic rings. The lowest BCUT2D eigenvalue weighted by Crippen LogP contribution is -2.37.